The van der Waals surface area contributed by atoms with E-state index in [0.717, 1.165) is 53.7 Å². The van der Waals surface area contributed by atoms with Gasteiger partial charge >= 0.3 is 0 Å². The number of benzene rings is 2. The van der Waals surface area contributed by atoms with Gasteiger partial charge in [-0.05, 0) is 60.7 Å². The third-order valence-corrected chi connectivity index (χ3v) is 7.31. The van der Waals surface area contributed by atoms with E-state index in [0.29, 0.717) is 0 Å². The lowest BCUT2D eigenvalue weighted by Crippen LogP contribution is -1.84. The molecule has 0 atom stereocenters. The summed E-state index contributed by atoms with van der Waals surface area (Å²) in [7, 11) is 3.40. The average molecular weight is 445 g/mol. The maximum Gasteiger partial charge on any atom is 0.144 e. The summed E-state index contributed by atoms with van der Waals surface area (Å²) >= 11 is 3.39. The van der Waals surface area contributed by atoms with Crippen LogP contribution in [0.4, 0.5) is 0 Å². The molecule has 3 nitrogen and oxygen atoms in total. The molecular formula is C26H20O3S2. The fourth-order valence-electron chi connectivity index (χ4n) is 3.53. The molecule has 5 heteroatoms. The summed E-state index contributed by atoms with van der Waals surface area (Å²) in [6, 6.07) is 28.6. The van der Waals surface area contributed by atoms with Crippen LogP contribution in [0.25, 0.3) is 42.2 Å². The second kappa shape index (κ2) is 8.46. The number of hydrogen-bond acceptors (Lipinski definition) is 5. The molecule has 3 heterocycles. The Hall–Kier alpha value is -3.28. The first kappa shape index (κ1) is 19.7. The highest BCUT2D eigenvalue weighted by Gasteiger charge is 2.14. The minimum atomic E-state index is 0.869. The predicted octanol–water partition coefficient (Wildman–Crippen LogP) is 8.09. The molecule has 0 aliphatic rings. The molecule has 0 saturated carbocycles. The van der Waals surface area contributed by atoms with Crippen molar-refractivity contribution in [3.8, 4) is 53.7 Å². The van der Waals surface area contributed by atoms with Crippen molar-refractivity contribution in [2.75, 3.05) is 14.2 Å². The van der Waals surface area contributed by atoms with Crippen molar-refractivity contribution in [3.05, 3.63) is 84.9 Å². The van der Waals surface area contributed by atoms with E-state index < -0.39 is 0 Å². The van der Waals surface area contributed by atoms with Gasteiger partial charge < -0.3 is 13.9 Å². The van der Waals surface area contributed by atoms with Gasteiger partial charge in [-0.2, -0.15) is 0 Å². The minimum Gasteiger partial charge on any atom is -0.496 e. The maximum absolute atomic E-state index is 6.23. The number of thiophene rings is 2. The van der Waals surface area contributed by atoms with Gasteiger partial charge in [0.05, 0.1) is 24.0 Å². The molecule has 2 aromatic carbocycles. The molecule has 5 rings (SSSR count). The Morgan fingerprint density at radius 3 is 1.39 bits per heavy atom. The lowest BCUT2D eigenvalue weighted by molar-refractivity contribution is 0.416. The molecule has 0 amide bonds. The molecule has 31 heavy (non-hydrogen) atoms. The van der Waals surface area contributed by atoms with Gasteiger partial charge in [-0.1, -0.05) is 24.3 Å². The molecule has 0 N–H and O–H groups in total. The van der Waals surface area contributed by atoms with E-state index in [-0.39, 0.29) is 0 Å². The van der Waals surface area contributed by atoms with Crippen LogP contribution in [0.15, 0.2) is 89.3 Å². The molecule has 0 fully saturated rings. The van der Waals surface area contributed by atoms with E-state index in [4.69, 9.17) is 13.9 Å². The second-order valence-electron chi connectivity index (χ2n) is 6.89. The van der Waals surface area contributed by atoms with Gasteiger partial charge in [-0.15, -0.1) is 22.7 Å². The van der Waals surface area contributed by atoms with Gasteiger partial charge in [0.1, 0.15) is 23.0 Å². The van der Waals surface area contributed by atoms with E-state index in [1.807, 2.05) is 48.5 Å². The highest BCUT2D eigenvalue weighted by atomic mass is 32.1. The van der Waals surface area contributed by atoms with E-state index in [2.05, 4.69) is 36.4 Å². The number of methoxy groups -OCH3 is 2. The normalized spacial score (nSPS) is 10.9. The van der Waals surface area contributed by atoms with E-state index in [1.54, 1.807) is 36.9 Å². The molecule has 0 unspecified atom stereocenters. The van der Waals surface area contributed by atoms with Crippen molar-refractivity contribution >= 4 is 22.7 Å². The van der Waals surface area contributed by atoms with Crippen LogP contribution in [0, 0.1) is 0 Å². The summed E-state index contributed by atoms with van der Waals surface area (Å²) in [6.45, 7) is 0. The number of hydrogen-bond donors (Lipinski definition) is 0. The average Bonchev–Trinajstić information content (AvgIpc) is 3.59. The molecule has 3 aromatic heterocycles. The lowest BCUT2D eigenvalue weighted by Gasteiger charge is -2.05. The molecule has 5 aromatic rings. The van der Waals surface area contributed by atoms with E-state index in [1.165, 1.54) is 0 Å². The quantitative estimate of drug-likeness (QED) is 0.265. The fraction of sp³-hybridized carbons (Fsp3) is 0.0769. The topological polar surface area (TPSA) is 31.6 Å². The summed E-state index contributed by atoms with van der Waals surface area (Å²) in [4.78, 5) is 4.49. The molecule has 0 bridgehead atoms. The van der Waals surface area contributed by atoms with Crippen LogP contribution in [0.3, 0.4) is 0 Å². The highest BCUT2D eigenvalue weighted by Crippen LogP contribution is 2.42. The predicted molar refractivity (Wildman–Crippen MR) is 129 cm³/mol. The monoisotopic (exact) mass is 444 g/mol. The Labute approximate surface area is 189 Å². The van der Waals surface area contributed by atoms with Crippen molar-refractivity contribution in [3.63, 3.8) is 0 Å². The number of ether oxygens (including phenoxy) is 2. The van der Waals surface area contributed by atoms with Crippen LogP contribution in [0.2, 0.25) is 0 Å². The van der Waals surface area contributed by atoms with Crippen molar-refractivity contribution in [2.24, 2.45) is 0 Å². The molecule has 0 radical (unpaired) electrons. The zero-order valence-electron chi connectivity index (χ0n) is 17.1. The van der Waals surface area contributed by atoms with Gasteiger partial charge in [0, 0.05) is 20.9 Å². The molecule has 154 valence electrons. The third-order valence-electron chi connectivity index (χ3n) is 5.05. The van der Waals surface area contributed by atoms with Gasteiger partial charge in [-0.3, -0.25) is 0 Å². The number of furan rings is 1. The summed E-state index contributed by atoms with van der Waals surface area (Å²) < 4.78 is 17.2. The van der Waals surface area contributed by atoms with Crippen LogP contribution in [0.5, 0.6) is 11.5 Å². The van der Waals surface area contributed by atoms with Gasteiger partial charge in [0.2, 0.25) is 0 Å². The summed E-state index contributed by atoms with van der Waals surface area (Å²) in [5, 5.41) is 0. The SMILES string of the molecule is COc1ccccc1-c1ccc(-c2ccc(-c3ccc(-c4ccccc4OC)s3)o2)s1. The maximum atomic E-state index is 6.23. The zero-order chi connectivity index (χ0) is 21.2. The first-order valence-electron chi connectivity index (χ1n) is 9.84. The number of para-hydroxylation sites is 2. The van der Waals surface area contributed by atoms with Crippen LogP contribution < -0.4 is 9.47 Å². The Kier molecular flexibility index (Phi) is 5.37. The molecular weight excluding hydrogens is 424 g/mol. The third kappa shape index (κ3) is 3.78. The molecule has 0 spiro atoms. The first-order valence-corrected chi connectivity index (χ1v) is 11.5. The van der Waals surface area contributed by atoms with Gasteiger partial charge in [-0.25, -0.2) is 0 Å². The van der Waals surface area contributed by atoms with Crippen LogP contribution >= 0.6 is 22.7 Å². The summed E-state index contributed by atoms with van der Waals surface area (Å²) in [5.41, 5.74) is 2.18. The van der Waals surface area contributed by atoms with Gasteiger partial charge in [0.25, 0.3) is 0 Å². The number of rotatable bonds is 6. The Bertz CT molecular complexity index is 1230. The molecule has 0 saturated heterocycles. The first-order chi connectivity index (χ1) is 15.3. The smallest absolute Gasteiger partial charge is 0.144 e. The Morgan fingerprint density at radius 1 is 0.516 bits per heavy atom. The van der Waals surface area contributed by atoms with Crippen LogP contribution in [-0.2, 0) is 0 Å². The van der Waals surface area contributed by atoms with Gasteiger partial charge in [0.15, 0.2) is 0 Å². The van der Waals surface area contributed by atoms with Crippen molar-refractivity contribution < 1.29 is 13.9 Å². The Balaban J connectivity index is 1.43. The minimum absolute atomic E-state index is 0.869. The molecule has 0 aliphatic heterocycles. The van der Waals surface area contributed by atoms with Crippen molar-refractivity contribution in [1.29, 1.82) is 0 Å². The van der Waals surface area contributed by atoms with E-state index >= 15 is 0 Å². The Morgan fingerprint density at radius 2 is 0.935 bits per heavy atom. The summed E-state index contributed by atoms with van der Waals surface area (Å²) in [5.74, 6) is 3.48. The summed E-state index contributed by atoms with van der Waals surface area (Å²) in [6.07, 6.45) is 0. The van der Waals surface area contributed by atoms with Crippen LogP contribution in [0.1, 0.15) is 0 Å². The highest BCUT2D eigenvalue weighted by molar-refractivity contribution is 7.19. The largest absolute Gasteiger partial charge is 0.496 e. The van der Waals surface area contributed by atoms with Crippen molar-refractivity contribution in [2.45, 2.75) is 0 Å². The fourth-order valence-corrected chi connectivity index (χ4v) is 5.53. The molecule has 0 aliphatic carbocycles. The second-order valence-corrected chi connectivity index (χ2v) is 9.06. The standard InChI is InChI=1S/C26H20O3S2/c1-27-19-9-5-3-7-17(19)23-13-15-25(30-23)21-11-12-22(29-21)26-16-14-24(31-26)18-8-4-6-10-20(18)28-2/h3-16H,1-2H3. The van der Waals surface area contributed by atoms with Crippen LogP contribution in [-0.4, -0.2) is 14.2 Å². The van der Waals surface area contributed by atoms with E-state index in [9.17, 15) is 0 Å². The zero-order valence-corrected chi connectivity index (χ0v) is 18.8. The van der Waals surface area contributed by atoms with Crippen molar-refractivity contribution in [1.82, 2.24) is 0 Å². The lowest BCUT2D eigenvalue weighted by atomic mass is 10.1.